The fourth-order valence-electron chi connectivity index (χ4n) is 4.09. The monoisotopic (exact) mass is 362 g/mol. The van der Waals surface area contributed by atoms with Crippen molar-refractivity contribution in [3.63, 3.8) is 0 Å². The van der Waals surface area contributed by atoms with Crippen molar-refractivity contribution in [2.45, 2.75) is 25.3 Å². The number of ether oxygens (including phenoxy) is 1. The summed E-state index contributed by atoms with van der Waals surface area (Å²) >= 11 is 0. The third-order valence-electron chi connectivity index (χ3n) is 5.38. The molecule has 0 unspecified atom stereocenters. The molecule has 1 heterocycles. The number of nitrogens with one attached hydrogen (secondary N) is 1. The topological polar surface area (TPSA) is 78.5 Å². The fraction of sp³-hybridized carbons (Fsp3) is 0.273. The highest BCUT2D eigenvalue weighted by molar-refractivity contribution is 5.90. The molecule has 0 spiro atoms. The van der Waals surface area contributed by atoms with Crippen molar-refractivity contribution in [2.75, 3.05) is 11.9 Å². The number of hydrogen-bond acceptors (Lipinski definition) is 5. The predicted octanol–water partition coefficient (Wildman–Crippen LogP) is 3.05. The molecule has 0 amide bonds. The summed E-state index contributed by atoms with van der Waals surface area (Å²) in [4.78, 5) is 23.1. The van der Waals surface area contributed by atoms with Gasteiger partial charge in [-0.25, -0.2) is 4.79 Å². The molecular formula is C22H20NO4-. The van der Waals surface area contributed by atoms with Crippen molar-refractivity contribution in [2.24, 2.45) is 5.92 Å². The summed E-state index contributed by atoms with van der Waals surface area (Å²) in [6.45, 7) is 2.15. The first kappa shape index (κ1) is 17.3. The number of hydrogen-bond donors (Lipinski definition) is 1. The van der Waals surface area contributed by atoms with Gasteiger partial charge in [-0.2, -0.15) is 0 Å². The Bertz CT molecular complexity index is 916. The second-order valence-corrected chi connectivity index (χ2v) is 6.91. The van der Waals surface area contributed by atoms with E-state index < -0.39 is 5.97 Å². The Balaban J connectivity index is 1.68. The van der Waals surface area contributed by atoms with Crippen LogP contribution in [0.5, 0.6) is 0 Å². The van der Waals surface area contributed by atoms with E-state index in [9.17, 15) is 14.7 Å². The van der Waals surface area contributed by atoms with E-state index in [0.717, 1.165) is 23.2 Å². The summed E-state index contributed by atoms with van der Waals surface area (Å²) < 4.78 is 5.12. The molecule has 0 bridgehead atoms. The van der Waals surface area contributed by atoms with Gasteiger partial charge >= 0.3 is 5.97 Å². The van der Waals surface area contributed by atoms with Crippen LogP contribution in [0.1, 0.15) is 57.1 Å². The average molecular weight is 362 g/mol. The van der Waals surface area contributed by atoms with Crippen LogP contribution in [-0.2, 0) is 4.74 Å². The van der Waals surface area contributed by atoms with E-state index in [1.807, 2.05) is 24.3 Å². The number of anilines is 1. The molecule has 3 atom stereocenters. The van der Waals surface area contributed by atoms with E-state index in [-0.39, 0.29) is 23.5 Å². The standard InChI is InChI=1S/C22H21NO4/c1-2-27-22(26)15-10-11-19-18(12-15)16-4-3-5-17(16)20(23-19)13-6-8-14(9-7-13)21(24)25/h3-4,6-12,16-17,20,23H,2,5H2,1H3,(H,24,25)/p-1/t16-,17+,20+/m1/s1. The van der Waals surface area contributed by atoms with Crippen molar-refractivity contribution in [3.8, 4) is 0 Å². The zero-order valence-electron chi connectivity index (χ0n) is 15.0. The molecule has 5 heteroatoms. The molecule has 1 aliphatic heterocycles. The van der Waals surface area contributed by atoms with Crippen LogP contribution < -0.4 is 10.4 Å². The minimum Gasteiger partial charge on any atom is -0.545 e. The maximum Gasteiger partial charge on any atom is 0.338 e. The third kappa shape index (κ3) is 3.10. The quantitative estimate of drug-likeness (QED) is 0.668. The molecule has 138 valence electrons. The van der Waals surface area contributed by atoms with Crippen molar-refractivity contribution >= 4 is 17.6 Å². The van der Waals surface area contributed by atoms with Crippen LogP contribution in [0.25, 0.3) is 0 Å². The van der Waals surface area contributed by atoms with Gasteiger partial charge in [0.05, 0.1) is 24.2 Å². The molecular weight excluding hydrogens is 342 g/mol. The Labute approximate surface area is 157 Å². The molecule has 0 saturated carbocycles. The second kappa shape index (κ2) is 6.91. The number of allylic oxidation sites excluding steroid dienone is 2. The third-order valence-corrected chi connectivity index (χ3v) is 5.38. The maximum atomic E-state index is 12.1. The Hall–Kier alpha value is -3.08. The first-order valence-corrected chi connectivity index (χ1v) is 9.14. The minimum absolute atomic E-state index is 0.0711. The van der Waals surface area contributed by atoms with Crippen LogP contribution in [0.3, 0.4) is 0 Å². The minimum atomic E-state index is -1.17. The van der Waals surface area contributed by atoms with Crippen LogP contribution >= 0.6 is 0 Å². The molecule has 0 radical (unpaired) electrons. The SMILES string of the molecule is CCOC(=O)c1ccc2c(c1)[C@@H]1C=CC[C@@H]1[C@H](c1ccc(C(=O)[O-])cc1)N2. The second-order valence-electron chi connectivity index (χ2n) is 6.91. The number of carboxylic acids is 1. The Morgan fingerprint density at radius 3 is 2.59 bits per heavy atom. The molecule has 2 aliphatic rings. The predicted molar refractivity (Wildman–Crippen MR) is 99.5 cm³/mol. The number of benzene rings is 2. The van der Waals surface area contributed by atoms with Gasteiger partial charge in [0.15, 0.2) is 0 Å². The van der Waals surface area contributed by atoms with Gasteiger partial charge < -0.3 is 20.0 Å². The van der Waals surface area contributed by atoms with Crippen LogP contribution in [0, 0.1) is 5.92 Å². The zero-order valence-corrected chi connectivity index (χ0v) is 15.0. The maximum absolute atomic E-state index is 12.1. The molecule has 2 aromatic rings. The normalized spacial score (nSPS) is 22.5. The lowest BCUT2D eigenvalue weighted by molar-refractivity contribution is -0.255. The van der Waals surface area contributed by atoms with E-state index in [2.05, 4.69) is 17.5 Å². The number of aromatic carboxylic acids is 1. The van der Waals surface area contributed by atoms with Gasteiger partial charge in [0.2, 0.25) is 0 Å². The highest BCUT2D eigenvalue weighted by Crippen LogP contribution is 2.49. The van der Waals surface area contributed by atoms with E-state index in [0.29, 0.717) is 18.1 Å². The molecule has 0 saturated heterocycles. The molecule has 27 heavy (non-hydrogen) atoms. The Morgan fingerprint density at radius 1 is 1.15 bits per heavy atom. The van der Waals surface area contributed by atoms with Gasteiger partial charge in [-0.3, -0.25) is 0 Å². The smallest absolute Gasteiger partial charge is 0.338 e. The summed E-state index contributed by atoms with van der Waals surface area (Å²) in [5, 5.41) is 14.6. The first-order chi connectivity index (χ1) is 13.1. The lowest BCUT2D eigenvalue weighted by Crippen LogP contribution is -2.29. The number of carbonyl (C=O) groups is 2. The van der Waals surface area contributed by atoms with Gasteiger partial charge in [-0.1, -0.05) is 36.4 Å². The number of fused-ring (bicyclic) bond motifs is 3. The summed E-state index contributed by atoms with van der Waals surface area (Å²) in [7, 11) is 0. The van der Waals surface area contributed by atoms with E-state index in [4.69, 9.17) is 4.74 Å². The van der Waals surface area contributed by atoms with Crippen molar-refractivity contribution < 1.29 is 19.4 Å². The lowest BCUT2D eigenvalue weighted by atomic mass is 9.76. The average Bonchev–Trinajstić information content (AvgIpc) is 3.17. The molecule has 4 rings (SSSR count). The first-order valence-electron chi connectivity index (χ1n) is 9.14. The Kier molecular flexibility index (Phi) is 4.44. The largest absolute Gasteiger partial charge is 0.545 e. The van der Waals surface area contributed by atoms with Crippen LogP contribution in [0.2, 0.25) is 0 Å². The van der Waals surface area contributed by atoms with Gasteiger partial charge in [-0.05, 0) is 54.2 Å². The molecule has 0 aromatic heterocycles. The summed E-state index contributed by atoms with van der Waals surface area (Å²) in [5.74, 6) is -0.959. The summed E-state index contributed by atoms with van der Waals surface area (Å²) in [6.07, 6.45) is 5.29. The number of carbonyl (C=O) groups excluding carboxylic acids is 2. The van der Waals surface area contributed by atoms with Crippen LogP contribution in [0.15, 0.2) is 54.6 Å². The molecule has 2 aromatic carbocycles. The zero-order chi connectivity index (χ0) is 19.0. The number of carboxylic acid groups (broad SMARTS) is 1. The number of esters is 1. The highest BCUT2D eigenvalue weighted by atomic mass is 16.5. The molecule has 0 fully saturated rings. The molecule has 5 nitrogen and oxygen atoms in total. The van der Waals surface area contributed by atoms with Crippen LogP contribution in [0.4, 0.5) is 5.69 Å². The molecule has 1 N–H and O–H groups in total. The van der Waals surface area contributed by atoms with Gasteiger partial charge in [0.1, 0.15) is 0 Å². The Morgan fingerprint density at radius 2 is 1.89 bits per heavy atom. The number of rotatable bonds is 4. The van der Waals surface area contributed by atoms with Crippen LogP contribution in [-0.4, -0.2) is 18.5 Å². The van der Waals surface area contributed by atoms with Gasteiger partial charge in [-0.15, -0.1) is 0 Å². The fourth-order valence-corrected chi connectivity index (χ4v) is 4.09. The summed E-state index contributed by atoms with van der Waals surface area (Å²) in [5.41, 5.74) is 3.87. The van der Waals surface area contributed by atoms with Crippen molar-refractivity contribution in [1.82, 2.24) is 0 Å². The summed E-state index contributed by atoms with van der Waals surface area (Å²) in [6, 6.07) is 12.6. The van der Waals surface area contributed by atoms with E-state index >= 15 is 0 Å². The van der Waals surface area contributed by atoms with E-state index in [1.165, 1.54) is 0 Å². The van der Waals surface area contributed by atoms with Gasteiger partial charge in [0.25, 0.3) is 0 Å². The van der Waals surface area contributed by atoms with Crippen molar-refractivity contribution in [3.05, 3.63) is 76.9 Å². The molecule has 1 aliphatic carbocycles. The highest BCUT2D eigenvalue weighted by Gasteiger charge is 2.38. The van der Waals surface area contributed by atoms with Gasteiger partial charge in [0, 0.05) is 11.6 Å². The van der Waals surface area contributed by atoms with Crippen molar-refractivity contribution in [1.29, 1.82) is 0 Å². The van der Waals surface area contributed by atoms with E-state index in [1.54, 1.807) is 25.1 Å². The lowest BCUT2D eigenvalue weighted by Gasteiger charge is -2.37.